The third-order valence-corrected chi connectivity index (χ3v) is 8.91. The monoisotopic (exact) mass is 550 g/mol. The van der Waals surface area contributed by atoms with Crippen molar-refractivity contribution < 1.29 is 9.90 Å². The second kappa shape index (κ2) is 12.7. The molecule has 1 aromatic carbocycles. The molecule has 3 fully saturated rings. The van der Waals surface area contributed by atoms with Gasteiger partial charge in [0.25, 0.3) is 5.91 Å². The van der Waals surface area contributed by atoms with Crippen LogP contribution in [-0.2, 0) is 6.42 Å². The number of carbonyl (C=O) groups excluding carboxylic acids is 1. The Hall–Kier alpha value is -2.95. The van der Waals surface area contributed by atoms with E-state index in [0.29, 0.717) is 24.1 Å². The minimum atomic E-state index is -0.602. The van der Waals surface area contributed by atoms with Crippen LogP contribution in [0.25, 0.3) is 0 Å². The number of hydrogen-bond donors (Lipinski definition) is 4. The summed E-state index contributed by atoms with van der Waals surface area (Å²) < 4.78 is 0. The third kappa shape index (κ3) is 6.67. The first-order valence-electron chi connectivity index (χ1n) is 15.0. The molecule has 1 aliphatic carbocycles. The van der Waals surface area contributed by atoms with Crippen LogP contribution >= 0.6 is 0 Å². The molecule has 0 bridgehead atoms. The lowest BCUT2D eigenvalue weighted by molar-refractivity contribution is 0.0982. The standard InChI is InChI=1S/C30H46N8O2/c1-4-25-29(32-21-7-9-24(39)10-8-21)35-30(27(34-25)28(31)40)33-22-6-5-20(2)26(19-22)38-13-11-23(12-14-38)37-17-15-36(3)16-18-37/h5-6,19,21,23-24,39H,4,7-18H2,1-3H3,(H2,31,40)(H2,32,33,35). The van der Waals surface area contributed by atoms with Crippen molar-refractivity contribution in [3.05, 3.63) is 35.2 Å². The topological polar surface area (TPSA) is 123 Å². The van der Waals surface area contributed by atoms with Crippen molar-refractivity contribution in [3.8, 4) is 0 Å². The maximum atomic E-state index is 12.4. The highest BCUT2D eigenvalue weighted by Crippen LogP contribution is 2.31. The molecular weight excluding hydrogens is 504 g/mol. The van der Waals surface area contributed by atoms with E-state index in [1.54, 1.807) is 0 Å². The molecule has 1 amide bonds. The molecule has 0 spiro atoms. The largest absolute Gasteiger partial charge is 0.393 e. The maximum absolute atomic E-state index is 12.4. The van der Waals surface area contributed by atoms with Gasteiger partial charge in [-0.3, -0.25) is 9.69 Å². The van der Waals surface area contributed by atoms with Crippen LogP contribution in [-0.4, -0.2) is 95.3 Å². The smallest absolute Gasteiger partial charge is 0.271 e. The first-order valence-corrected chi connectivity index (χ1v) is 15.0. The van der Waals surface area contributed by atoms with Crippen molar-refractivity contribution in [2.75, 3.05) is 61.8 Å². The SMILES string of the molecule is CCc1nc(C(N)=O)c(Nc2ccc(C)c(N3CCC(N4CCN(C)CC4)CC3)c2)nc1NC1CCC(O)CC1. The molecule has 5 rings (SSSR count). The van der Waals surface area contributed by atoms with Gasteiger partial charge in [-0.05, 0) is 76.6 Å². The van der Waals surface area contributed by atoms with Crippen LogP contribution in [0, 0.1) is 6.92 Å². The van der Waals surface area contributed by atoms with Crippen LogP contribution in [0.1, 0.15) is 67.2 Å². The summed E-state index contributed by atoms with van der Waals surface area (Å²) in [6, 6.07) is 7.17. The van der Waals surface area contributed by atoms with E-state index in [0.717, 1.165) is 63.2 Å². The van der Waals surface area contributed by atoms with E-state index < -0.39 is 5.91 Å². The van der Waals surface area contributed by atoms with Crippen molar-refractivity contribution in [2.24, 2.45) is 5.73 Å². The fraction of sp³-hybridized carbons (Fsp3) is 0.633. The van der Waals surface area contributed by atoms with Crippen molar-refractivity contribution >= 4 is 28.9 Å². The van der Waals surface area contributed by atoms with Gasteiger partial charge in [-0.15, -0.1) is 0 Å². The average Bonchev–Trinajstić information content (AvgIpc) is 2.96. The number of rotatable bonds is 8. The van der Waals surface area contributed by atoms with Crippen LogP contribution < -0.4 is 21.3 Å². The molecule has 2 aromatic rings. The number of carbonyl (C=O) groups is 1. The second-order valence-corrected chi connectivity index (χ2v) is 11.8. The molecule has 3 heterocycles. The lowest BCUT2D eigenvalue weighted by Crippen LogP contribution is -2.52. The normalized spacial score (nSPS) is 23.2. The quantitative estimate of drug-likeness (QED) is 0.393. The Kier molecular flexibility index (Phi) is 9.07. The van der Waals surface area contributed by atoms with Gasteiger partial charge in [0.15, 0.2) is 11.5 Å². The fourth-order valence-electron chi connectivity index (χ4n) is 6.33. The molecule has 3 aliphatic rings. The highest BCUT2D eigenvalue weighted by atomic mass is 16.3. The number of aliphatic hydroxyl groups excluding tert-OH is 1. The Morgan fingerprint density at radius 1 is 1.00 bits per heavy atom. The van der Waals surface area contributed by atoms with Crippen LogP contribution in [0.2, 0.25) is 0 Å². The highest BCUT2D eigenvalue weighted by molar-refractivity contribution is 5.96. The number of piperazine rings is 1. The number of aromatic nitrogens is 2. The lowest BCUT2D eigenvalue weighted by atomic mass is 9.93. The summed E-state index contributed by atoms with van der Waals surface area (Å²) in [6.45, 7) is 10.9. The van der Waals surface area contributed by atoms with Crippen LogP contribution in [0.4, 0.5) is 23.0 Å². The highest BCUT2D eigenvalue weighted by Gasteiger charge is 2.28. The number of hydrogen-bond acceptors (Lipinski definition) is 9. The summed E-state index contributed by atoms with van der Waals surface area (Å²) in [5.74, 6) is 0.441. The molecule has 2 saturated heterocycles. The van der Waals surface area contributed by atoms with Crippen LogP contribution in [0.15, 0.2) is 18.2 Å². The van der Waals surface area contributed by atoms with Crippen LogP contribution in [0.5, 0.6) is 0 Å². The molecule has 5 N–H and O–H groups in total. The molecule has 0 atom stereocenters. The summed E-state index contributed by atoms with van der Waals surface area (Å²) >= 11 is 0. The Labute approximate surface area is 238 Å². The number of amides is 1. The van der Waals surface area contributed by atoms with Crippen molar-refractivity contribution in [3.63, 3.8) is 0 Å². The van der Waals surface area contributed by atoms with Gasteiger partial charge in [0.1, 0.15) is 5.82 Å². The predicted molar refractivity (Wildman–Crippen MR) is 161 cm³/mol. The van der Waals surface area contributed by atoms with Gasteiger partial charge in [0.05, 0.1) is 11.8 Å². The number of piperidine rings is 1. The van der Waals surface area contributed by atoms with Gasteiger partial charge in [0, 0.05) is 62.7 Å². The second-order valence-electron chi connectivity index (χ2n) is 11.8. The van der Waals surface area contributed by atoms with E-state index >= 15 is 0 Å². The maximum Gasteiger partial charge on any atom is 0.271 e. The molecule has 0 unspecified atom stereocenters. The van der Waals surface area contributed by atoms with Gasteiger partial charge in [-0.2, -0.15) is 0 Å². The van der Waals surface area contributed by atoms with E-state index in [1.165, 1.54) is 37.2 Å². The lowest BCUT2D eigenvalue weighted by Gasteiger charge is -2.43. The predicted octanol–water partition coefficient (Wildman–Crippen LogP) is 3.12. The zero-order valence-corrected chi connectivity index (χ0v) is 24.3. The van der Waals surface area contributed by atoms with Crippen molar-refractivity contribution in [1.29, 1.82) is 0 Å². The number of nitrogens with zero attached hydrogens (tertiary/aromatic N) is 5. The molecule has 218 valence electrons. The number of nitrogens with one attached hydrogen (secondary N) is 2. The molecule has 40 heavy (non-hydrogen) atoms. The molecule has 10 heteroatoms. The summed E-state index contributed by atoms with van der Waals surface area (Å²) in [6.07, 6.45) is 6.04. The summed E-state index contributed by atoms with van der Waals surface area (Å²) in [5.41, 5.74) is 9.91. The van der Waals surface area contributed by atoms with E-state index in [4.69, 9.17) is 10.7 Å². The minimum absolute atomic E-state index is 0.150. The molecule has 0 radical (unpaired) electrons. The minimum Gasteiger partial charge on any atom is -0.393 e. The van der Waals surface area contributed by atoms with Gasteiger partial charge in [-0.25, -0.2) is 9.97 Å². The van der Waals surface area contributed by atoms with Crippen molar-refractivity contribution in [2.45, 2.75) is 77.0 Å². The van der Waals surface area contributed by atoms with E-state index in [2.05, 4.69) is 56.4 Å². The molecule has 1 aromatic heterocycles. The zero-order valence-electron chi connectivity index (χ0n) is 24.3. The van der Waals surface area contributed by atoms with Gasteiger partial charge < -0.3 is 31.3 Å². The number of primary amides is 1. The summed E-state index contributed by atoms with van der Waals surface area (Å²) in [5, 5.41) is 16.8. The number of anilines is 4. The fourth-order valence-corrected chi connectivity index (χ4v) is 6.33. The number of benzene rings is 1. The van der Waals surface area contributed by atoms with Crippen LogP contribution in [0.3, 0.4) is 0 Å². The third-order valence-electron chi connectivity index (χ3n) is 8.91. The molecular formula is C30H46N8O2. The van der Waals surface area contributed by atoms with Gasteiger partial charge in [0.2, 0.25) is 0 Å². The first-order chi connectivity index (χ1) is 19.3. The summed E-state index contributed by atoms with van der Waals surface area (Å²) in [7, 11) is 2.21. The average molecular weight is 551 g/mol. The Morgan fingerprint density at radius 3 is 2.35 bits per heavy atom. The summed E-state index contributed by atoms with van der Waals surface area (Å²) in [4.78, 5) is 29.4. The Bertz CT molecular complexity index is 1170. The van der Waals surface area contributed by atoms with Gasteiger partial charge in [-0.1, -0.05) is 13.0 Å². The Balaban J connectivity index is 1.32. The zero-order chi connectivity index (χ0) is 28.2. The van der Waals surface area contributed by atoms with E-state index in [-0.39, 0.29) is 17.8 Å². The number of likely N-dealkylation sites (N-methyl/N-ethyl adjacent to an activating group) is 1. The van der Waals surface area contributed by atoms with Gasteiger partial charge >= 0.3 is 0 Å². The molecule has 10 nitrogen and oxygen atoms in total. The van der Waals surface area contributed by atoms with Crippen molar-refractivity contribution in [1.82, 2.24) is 19.8 Å². The first kappa shape index (κ1) is 28.6. The molecule has 2 aliphatic heterocycles. The number of aliphatic hydroxyl groups is 1. The van der Waals surface area contributed by atoms with E-state index in [1.807, 2.05) is 13.0 Å². The Morgan fingerprint density at radius 2 is 1.70 bits per heavy atom. The number of nitrogens with two attached hydrogens (primary N) is 1. The van der Waals surface area contributed by atoms with E-state index in [9.17, 15) is 9.90 Å². The number of aryl methyl sites for hydroxylation is 2. The molecule has 1 saturated carbocycles.